The van der Waals surface area contributed by atoms with Gasteiger partial charge in [-0.2, -0.15) is 0 Å². The van der Waals surface area contributed by atoms with Crippen molar-refractivity contribution in [3.8, 4) is 11.6 Å². The van der Waals surface area contributed by atoms with Crippen molar-refractivity contribution in [2.24, 2.45) is 0 Å². The fourth-order valence-electron chi connectivity index (χ4n) is 4.21. The van der Waals surface area contributed by atoms with Crippen molar-refractivity contribution in [3.05, 3.63) is 111 Å². The van der Waals surface area contributed by atoms with Crippen LogP contribution in [-0.4, -0.2) is 26.8 Å². The molecule has 10 nitrogen and oxygen atoms in total. The first-order valence-electron chi connectivity index (χ1n) is 12.1. The lowest BCUT2D eigenvalue weighted by Gasteiger charge is -2.10. The van der Waals surface area contributed by atoms with E-state index in [0.717, 1.165) is 22.9 Å². The third-order valence-corrected chi connectivity index (χ3v) is 7.94. The van der Waals surface area contributed by atoms with Crippen LogP contribution in [0.2, 0.25) is 0 Å². The average Bonchev–Trinajstić information content (AvgIpc) is 3.32. The lowest BCUT2D eigenvalue weighted by molar-refractivity contribution is -0.832. The van der Waals surface area contributed by atoms with Gasteiger partial charge in [-0.1, -0.05) is 48.5 Å². The van der Waals surface area contributed by atoms with Gasteiger partial charge < -0.3 is 19.1 Å². The number of nitrogens with zero attached hydrogens (tertiary/aromatic N) is 2. The van der Waals surface area contributed by atoms with Crippen molar-refractivity contribution in [2.45, 2.75) is 29.7 Å². The summed E-state index contributed by atoms with van der Waals surface area (Å²) >= 11 is 0. The second-order valence-electron chi connectivity index (χ2n) is 8.69. The second-order valence-corrected chi connectivity index (χ2v) is 10.6. The van der Waals surface area contributed by atoms with Crippen LogP contribution in [0.15, 0.2) is 103 Å². The molecular weight excluding hydrogens is 524 g/mol. The smallest absolute Gasteiger partial charge is 0.415 e. The Labute approximate surface area is 223 Å². The van der Waals surface area contributed by atoms with Gasteiger partial charge in [0.1, 0.15) is 24.5 Å². The maximum Gasteiger partial charge on any atom is 0.415 e. The van der Waals surface area contributed by atoms with E-state index in [9.17, 15) is 18.4 Å². The number of benzene rings is 3. The maximum absolute atomic E-state index is 12.8. The molecule has 0 unspecified atom stereocenters. The van der Waals surface area contributed by atoms with E-state index in [2.05, 4.69) is 9.79 Å². The molecule has 0 spiro atoms. The number of hydrogen-bond acceptors (Lipinski definition) is 9. The Hall–Kier alpha value is -4.64. The molecule has 0 aliphatic heterocycles. The number of ether oxygens (including phenoxy) is 2. The van der Waals surface area contributed by atoms with E-state index in [4.69, 9.17) is 13.9 Å². The second kappa shape index (κ2) is 11.0. The molecule has 0 radical (unpaired) electrons. The lowest BCUT2D eigenvalue weighted by Crippen LogP contribution is -2.31. The Morgan fingerprint density at radius 2 is 1.62 bits per heavy atom. The van der Waals surface area contributed by atoms with Gasteiger partial charge in [0, 0.05) is 17.0 Å². The van der Waals surface area contributed by atoms with Crippen LogP contribution in [0.5, 0.6) is 11.6 Å². The van der Waals surface area contributed by atoms with E-state index in [1.807, 2.05) is 43.3 Å². The van der Waals surface area contributed by atoms with Crippen LogP contribution in [0.1, 0.15) is 16.7 Å². The van der Waals surface area contributed by atoms with E-state index in [1.54, 1.807) is 18.2 Å². The first-order valence-corrected chi connectivity index (χ1v) is 13.6. The van der Waals surface area contributed by atoms with Gasteiger partial charge in [0.15, 0.2) is 0 Å². The molecule has 0 fully saturated rings. The van der Waals surface area contributed by atoms with Gasteiger partial charge in [0.25, 0.3) is 9.84 Å². The van der Waals surface area contributed by atoms with Crippen LogP contribution in [0, 0.1) is 12.1 Å². The van der Waals surface area contributed by atoms with Gasteiger partial charge in [-0.25, -0.2) is 13.2 Å². The minimum absolute atomic E-state index is 0.0135. The van der Waals surface area contributed by atoms with Crippen molar-refractivity contribution in [1.82, 2.24) is 5.16 Å². The standard InChI is InChI=1S/C28H24N2O8S/c1-19-23-15-13-21(18-25(23)37-28(31)24(19)14-12-20-8-4-2-5-9-20)35-16-17-36-26-27(30(32)38-29-26)39(33,34)22-10-6-3-7-11-22/h2-11,13,15,18H,12,14,16-17H2,1H3. The highest BCUT2D eigenvalue weighted by molar-refractivity contribution is 7.91. The van der Waals surface area contributed by atoms with Crippen molar-refractivity contribution in [1.29, 1.82) is 0 Å². The maximum atomic E-state index is 12.8. The summed E-state index contributed by atoms with van der Waals surface area (Å²) < 4.78 is 46.8. The summed E-state index contributed by atoms with van der Waals surface area (Å²) in [6.07, 6.45) is 1.29. The first-order chi connectivity index (χ1) is 18.8. The molecule has 0 aliphatic carbocycles. The van der Waals surface area contributed by atoms with Crippen LogP contribution >= 0.6 is 0 Å². The van der Waals surface area contributed by atoms with Crippen molar-refractivity contribution < 1.29 is 31.8 Å². The molecule has 2 aromatic heterocycles. The number of aryl methyl sites for hydroxylation is 2. The zero-order chi connectivity index (χ0) is 27.4. The van der Waals surface area contributed by atoms with Crippen LogP contribution in [0.25, 0.3) is 11.0 Å². The van der Waals surface area contributed by atoms with Gasteiger partial charge >= 0.3 is 16.5 Å². The van der Waals surface area contributed by atoms with E-state index in [-0.39, 0.29) is 28.6 Å². The van der Waals surface area contributed by atoms with Gasteiger partial charge in [-0.05, 0) is 60.1 Å². The molecule has 200 valence electrons. The highest BCUT2D eigenvalue weighted by Gasteiger charge is 2.35. The molecule has 0 bridgehead atoms. The molecule has 11 heteroatoms. The normalized spacial score (nSPS) is 11.5. The van der Waals surface area contributed by atoms with Crippen molar-refractivity contribution in [3.63, 3.8) is 0 Å². The molecule has 0 N–H and O–H groups in total. The molecule has 5 rings (SSSR count). The molecule has 0 atom stereocenters. The minimum atomic E-state index is -4.22. The largest absolute Gasteiger partial charge is 0.490 e. The predicted octanol–water partition coefficient (Wildman–Crippen LogP) is 3.80. The van der Waals surface area contributed by atoms with E-state index in [0.29, 0.717) is 23.3 Å². The number of sulfone groups is 1. The quantitative estimate of drug-likeness (QED) is 0.145. The highest BCUT2D eigenvalue weighted by Crippen LogP contribution is 2.26. The van der Waals surface area contributed by atoms with Crippen LogP contribution in [-0.2, 0) is 22.7 Å². The summed E-state index contributed by atoms with van der Waals surface area (Å²) in [5.74, 6) is -0.0533. The molecule has 3 aromatic carbocycles. The first kappa shape index (κ1) is 26.0. The van der Waals surface area contributed by atoms with E-state index in [1.165, 1.54) is 24.3 Å². The third-order valence-electron chi connectivity index (χ3n) is 6.21. The summed E-state index contributed by atoms with van der Waals surface area (Å²) in [5.41, 5.74) is 2.64. The van der Waals surface area contributed by atoms with Crippen LogP contribution in [0.4, 0.5) is 0 Å². The van der Waals surface area contributed by atoms with Crippen LogP contribution < -0.4 is 20.0 Å². The predicted molar refractivity (Wildman–Crippen MR) is 139 cm³/mol. The zero-order valence-corrected chi connectivity index (χ0v) is 21.7. The number of aromatic nitrogens is 2. The van der Waals surface area contributed by atoms with Gasteiger partial charge in [0.05, 0.1) is 10.1 Å². The Morgan fingerprint density at radius 3 is 2.36 bits per heavy atom. The van der Waals surface area contributed by atoms with Gasteiger partial charge in [-0.15, -0.1) is 0 Å². The monoisotopic (exact) mass is 548 g/mol. The Balaban J connectivity index is 1.25. The molecular formula is C28H24N2O8S. The molecule has 0 saturated heterocycles. The Bertz CT molecular complexity index is 1760. The minimum Gasteiger partial charge on any atom is -0.490 e. The molecule has 0 saturated carbocycles. The molecule has 0 amide bonds. The summed E-state index contributed by atoms with van der Waals surface area (Å²) in [6, 6.07) is 22.5. The SMILES string of the molecule is Cc1c(CCc2ccccc2)c(=O)oc2cc(OCCOc3no[n+]([O-])c3S(=O)(=O)c3ccccc3)ccc12. The number of rotatable bonds is 10. The molecule has 2 heterocycles. The third kappa shape index (κ3) is 5.48. The van der Waals surface area contributed by atoms with E-state index >= 15 is 0 Å². The Kier molecular flexibility index (Phi) is 7.33. The molecule has 5 aromatic rings. The molecule has 39 heavy (non-hydrogen) atoms. The van der Waals surface area contributed by atoms with E-state index < -0.39 is 20.7 Å². The summed E-state index contributed by atoms with van der Waals surface area (Å²) in [6.45, 7) is 1.75. The summed E-state index contributed by atoms with van der Waals surface area (Å²) in [4.78, 5) is 12.4. The summed E-state index contributed by atoms with van der Waals surface area (Å²) in [7, 11) is -4.22. The van der Waals surface area contributed by atoms with Crippen molar-refractivity contribution in [2.75, 3.05) is 13.2 Å². The highest BCUT2D eigenvalue weighted by atomic mass is 32.2. The number of fused-ring (bicyclic) bond motifs is 1. The fourth-order valence-corrected chi connectivity index (χ4v) is 5.50. The van der Waals surface area contributed by atoms with Gasteiger partial charge in [-0.3, -0.25) is 4.63 Å². The number of hydrogen-bond donors (Lipinski definition) is 0. The fraction of sp³-hybridized carbons (Fsp3) is 0.179. The topological polar surface area (TPSA) is 136 Å². The van der Waals surface area contributed by atoms with Crippen molar-refractivity contribution >= 4 is 20.8 Å². The Morgan fingerprint density at radius 1 is 0.923 bits per heavy atom. The average molecular weight is 549 g/mol. The zero-order valence-electron chi connectivity index (χ0n) is 20.9. The van der Waals surface area contributed by atoms with Crippen LogP contribution in [0.3, 0.4) is 0 Å². The van der Waals surface area contributed by atoms with Gasteiger partial charge in [0.2, 0.25) is 0 Å². The summed E-state index contributed by atoms with van der Waals surface area (Å²) in [5, 5.41) is 15.5. The molecule has 0 aliphatic rings. The lowest BCUT2D eigenvalue weighted by atomic mass is 10.00.